The van der Waals surface area contributed by atoms with E-state index in [0.29, 0.717) is 0 Å². The summed E-state index contributed by atoms with van der Waals surface area (Å²) < 4.78 is 2.29. The van der Waals surface area contributed by atoms with E-state index in [1.165, 1.54) is 53.3 Å². The standard InChI is InChI=1S/C54H31N3S2/c1-3-15-32(16-4-1)49-37-28-29-42-48(35-19-7-9-21-39(35)54(42)40-22-10-13-25-45(40)58-46-26-14-11-23-41(46)54)47(37)38-31-34(27-30-43(38)55-49)50-52-51(36-20-8-12-24-44(36)59-52)57-53(56-50)33-17-5-2-6-18-33/h1-31H. The zero-order valence-electron chi connectivity index (χ0n) is 31.6. The van der Waals surface area contributed by atoms with Crippen molar-refractivity contribution in [2.75, 3.05) is 0 Å². The monoisotopic (exact) mass is 785 g/mol. The number of pyridine rings is 1. The molecule has 0 bridgehead atoms. The maximum absolute atomic E-state index is 5.49. The maximum Gasteiger partial charge on any atom is 0.160 e. The fourth-order valence-electron chi connectivity index (χ4n) is 9.90. The van der Waals surface area contributed by atoms with Crippen LogP contribution in [0.3, 0.4) is 0 Å². The second-order valence-corrected chi connectivity index (χ2v) is 17.5. The first-order valence-corrected chi connectivity index (χ1v) is 21.6. The van der Waals surface area contributed by atoms with Gasteiger partial charge in [0.15, 0.2) is 5.82 Å². The number of nitrogens with zero attached hydrogens (tertiary/aromatic N) is 3. The lowest BCUT2D eigenvalue weighted by Gasteiger charge is -2.39. The van der Waals surface area contributed by atoms with E-state index in [-0.39, 0.29) is 0 Å². The largest absolute Gasteiger partial charge is 0.247 e. The van der Waals surface area contributed by atoms with Crippen LogP contribution in [0.1, 0.15) is 22.3 Å². The van der Waals surface area contributed by atoms with Gasteiger partial charge in [-0.15, -0.1) is 11.3 Å². The van der Waals surface area contributed by atoms with Gasteiger partial charge in [0.2, 0.25) is 0 Å². The molecule has 1 aliphatic carbocycles. The molecule has 0 amide bonds. The van der Waals surface area contributed by atoms with Gasteiger partial charge in [-0.1, -0.05) is 169 Å². The van der Waals surface area contributed by atoms with E-state index < -0.39 is 5.41 Å². The van der Waals surface area contributed by atoms with Crippen LogP contribution in [0.15, 0.2) is 198 Å². The van der Waals surface area contributed by atoms with Gasteiger partial charge in [-0.3, -0.25) is 0 Å². The van der Waals surface area contributed by atoms with Gasteiger partial charge in [0.05, 0.1) is 32.5 Å². The van der Waals surface area contributed by atoms with E-state index in [2.05, 4.69) is 182 Å². The molecule has 2 aliphatic rings. The van der Waals surface area contributed by atoms with Crippen LogP contribution in [0.5, 0.6) is 0 Å². The molecule has 1 spiro atoms. The molecule has 0 atom stereocenters. The predicted octanol–water partition coefficient (Wildman–Crippen LogP) is 14.4. The summed E-state index contributed by atoms with van der Waals surface area (Å²) >= 11 is 3.64. The quantitative estimate of drug-likeness (QED) is 0.167. The van der Waals surface area contributed by atoms with E-state index in [1.54, 1.807) is 11.3 Å². The Kier molecular flexibility index (Phi) is 7.03. The lowest BCUT2D eigenvalue weighted by Crippen LogP contribution is -2.31. The first kappa shape index (κ1) is 33.1. The number of aromatic nitrogens is 3. The summed E-state index contributed by atoms with van der Waals surface area (Å²) in [6, 6.07) is 68.2. The minimum absolute atomic E-state index is 0.487. The van der Waals surface area contributed by atoms with Gasteiger partial charge in [0.25, 0.3) is 0 Å². The SMILES string of the molecule is c1ccc(-c2nc(-c3ccc4nc(-c5ccccc5)c5ccc6c(c5c4c3)-c3ccccc3C63c4ccccc4Sc4ccccc43)c3sc4ccccc4c3n2)cc1. The van der Waals surface area contributed by atoms with Crippen molar-refractivity contribution < 1.29 is 0 Å². The van der Waals surface area contributed by atoms with Gasteiger partial charge in [-0.25, -0.2) is 15.0 Å². The minimum atomic E-state index is -0.487. The van der Waals surface area contributed by atoms with E-state index in [9.17, 15) is 0 Å². The molecule has 0 unspecified atom stereocenters. The van der Waals surface area contributed by atoms with Crippen molar-refractivity contribution >= 4 is 65.1 Å². The summed E-state index contributed by atoms with van der Waals surface area (Å²) in [6.07, 6.45) is 0. The van der Waals surface area contributed by atoms with Crippen molar-refractivity contribution in [3.8, 4) is 45.0 Å². The molecule has 59 heavy (non-hydrogen) atoms. The molecule has 8 aromatic carbocycles. The summed E-state index contributed by atoms with van der Waals surface area (Å²) in [5, 5.41) is 4.62. The third-order valence-electron chi connectivity index (χ3n) is 12.3. The van der Waals surface area contributed by atoms with Crippen LogP contribution in [-0.2, 0) is 5.41 Å². The third kappa shape index (κ3) is 4.63. The Balaban J connectivity index is 1.18. The molecule has 0 N–H and O–H groups in total. The van der Waals surface area contributed by atoms with Crippen molar-refractivity contribution in [1.29, 1.82) is 0 Å². The van der Waals surface area contributed by atoms with Crippen LogP contribution in [0.4, 0.5) is 0 Å². The summed E-state index contributed by atoms with van der Waals surface area (Å²) in [6.45, 7) is 0. The lowest BCUT2D eigenvalue weighted by molar-refractivity contribution is 0.723. The molecule has 0 saturated carbocycles. The van der Waals surface area contributed by atoms with Crippen LogP contribution in [-0.4, -0.2) is 15.0 Å². The predicted molar refractivity (Wildman–Crippen MR) is 245 cm³/mol. The minimum Gasteiger partial charge on any atom is -0.247 e. The summed E-state index contributed by atoms with van der Waals surface area (Å²) in [5.41, 5.74) is 14.4. The molecule has 0 fully saturated rings. The highest BCUT2D eigenvalue weighted by Gasteiger charge is 2.50. The van der Waals surface area contributed by atoms with Gasteiger partial charge < -0.3 is 0 Å². The van der Waals surface area contributed by atoms with Gasteiger partial charge in [0, 0.05) is 52.7 Å². The Hall–Kier alpha value is -6.92. The number of hydrogen-bond acceptors (Lipinski definition) is 5. The first-order chi connectivity index (χ1) is 29.3. The van der Waals surface area contributed by atoms with E-state index >= 15 is 0 Å². The second-order valence-electron chi connectivity index (χ2n) is 15.4. The highest BCUT2D eigenvalue weighted by Crippen LogP contribution is 2.63. The molecular formula is C54H31N3S2. The number of rotatable bonds is 3. The molecule has 5 heteroatoms. The Morgan fingerprint density at radius 3 is 1.86 bits per heavy atom. The van der Waals surface area contributed by atoms with Crippen LogP contribution >= 0.6 is 23.1 Å². The summed E-state index contributed by atoms with van der Waals surface area (Å²) in [4.78, 5) is 18.7. The molecule has 4 heterocycles. The fourth-order valence-corrected chi connectivity index (χ4v) is 12.2. The molecule has 1 aliphatic heterocycles. The Bertz CT molecular complexity index is 3490. The first-order valence-electron chi connectivity index (χ1n) is 19.9. The number of benzene rings is 8. The van der Waals surface area contributed by atoms with Crippen LogP contribution < -0.4 is 0 Å². The molecule has 0 radical (unpaired) electrons. The average Bonchev–Trinajstić information content (AvgIpc) is 3.83. The smallest absolute Gasteiger partial charge is 0.160 e. The van der Waals surface area contributed by atoms with Crippen LogP contribution in [0.25, 0.3) is 87.0 Å². The van der Waals surface area contributed by atoms with Crippen molar-refractivity contribution in [1.82, 2.24) is 15.0 Å². The fraction of sp³-hybridized carbons (Fsp3) is 0.0185. The van der Waals surface area contributed by atoms with Crippen molar-refractivity contribution in [2.24, 2.45) is 0 Å². The summed E-state index contributed by atoms with van der Waals surface area (Å²) in [5.74, 6) is 0.725. The topological polar surface area (TPSA) is 38.7 Å². The summed E-state index contributed by atoms with van der Waals surface area (Å²) in [7, 11) is 0. The Morgan fingerprint density at radius 1 is 0.424 bits per heavy atom. The normalized spacial score (nSPS) is 13.5. The number of hydrogen-bond donors (Lipinski definition) is 0. The molecular weight excluding hydrogens is 755 g/mol. The highest BCUT2D eigenvalue weighted by atomic mass is 32.2. The van der Waals surface area contributed by atoms with Crippen LogP contribution in [0.2, 0.25) is 0 Å². The second kappa shape index (κ2) is 12.5. The number of fused-ring (bicyclic) bond motifs is 16. The third-order valence-corrected chi connectivity index (χ3v) is 14.7. The van der Waals surface area contributed by atoms with Crippen molar-refractivity contribution in [3.63, 3.8) is 0 Å². The lowest BCUT2D eigenvalue weighted by atomic mass is 9.67. The zero-order chi connectivity index (χ0) is 38.7. The van der Waals surface area contributed by atoms with E-state index in [1.807, 2.05) is 17.8 Å². The molecule has 3 aromatic heterocycles. The maximum atomic E-state index is 5.49. The average molecular weight is 786 g/mol. The van der Waals surface area contributed by atoms with Crippen LogP contribution in [0, 0.1) is 0 Å². The van der Waals surface area contributed by atoms with Gasteiger partial charge >= 0.3 is 0 Å². The number of thiophene rings is 1. The van der Waals surface area contributed by atoms with Crippen molar-refractivity contribution in [2.45, 2.75) is 15.2 Å². The van der Waals surface area contributed by atoms with Gasteiger partial charge in [-0.05, 0) is 63.7 Å². The zero-order valence-corrected chi connectivity index (χ0v) is 33.2. The van der Waals surface area contributed by atoms with Gasteiger partial charge in [0.1, 0.15) is 0 Å². The molecule has 0 saturated heterocycles. The Morgan fingerprint density at radius 2 is 1.08 bits per heavy atom. The molecule has 3 nitrogen and oxygen atoms in total. The van der Waals surface area contributed by atoms with Crippen molar-refractivity contribution in [3.05, 3.63) is 210 Å². The van der Waals surface area contributed by atoms with Gasteiger partial charge in [-0.2, -0.15) is 0 Å². The molecule has 11 aromatic rings. The van der Waals surface area contributed by atoms with E-state index in [4.69, 9.17) is 15.0 Å². The van der Waals surface area contributed by atoms with E-state index in [0.717, 1.165) is 65.8 Å². The Labute approximate surface area is 348 Å². The highest BCUT2D eigenvalue weighted by molar-refractivity contribution is 7.99. The molecule has 274 valence electrons. The molecule has 13 rings (SSSR count).